The predicted octanol–water partition coefficient (Wildman–Crippen LogP) is 3.65. The van der Waals surface area contributed by atoms with Crippen molar-refractivity contribution in [1.29, 1.82) is 0 Å². The zero-order valence-corrected chi connectivity index (χ0v) is 15.3. The number of ether oxygens (including phenoxy) is 3. The van der Waals surface area contributed by atoms with Gasteiger partial charge in [-0.25, -0.2) is 5.43 Å². The monoisotopic (exact) mass is 356 g/mol. The lowest BCUT2D eigenvalue weighted by atomic mass is 10.2. The highest BCUT2D eigenvalue weighted by atomic mass is 16.5. The molecule has 0 atom stereocenters. The second-order valence-corrected chi connectivity index (χ2v) is 5.54. The zero-order valence-electron chi connectivity index (χ0n) is 15.3. The number of hydrogen-bond donors (Lipinski definition) is 1. The predicted molar refractivity (Wildman–Crippen MR) is 101 cm³/mol. The molecule has 0 aliphatic heterocycles. The van der Waals surface area contributed by atoms with Crippen LogP contribution >= 0.6 is 0 Å². The van der Waals surface area contributed by atoms with Crippen LogP contribution < -0.4 is 19.6 Å². The second-order valence-electron chi connectivity index (χ2n) is 5.54. The lowest BCUT2D eigenvalue weighted by Gasteiger charge is -2.08. The van der Waals surface area contributed by atoms with Gasteiger partial charge in [-0.1, -0.05) is 13.3 Å². The fourth-order valence-corrected chi connectivity index (χ4v) is 2.19. The van der Waals surface area contributed by atoms with Gasteiger partial charge in [-0.15, -0.1) is 0 Å². The molecule has 0 spiro atoms. The van der Waals surface area contributed by atoms with E-state index in [4.69, 9.17) is 14.2 Å². The van der Waals surface area contributed by atoms with Gasteiger partial charge in [-0.2, -0.15) is 5.10 Å². The van der Waals surface area contributed by atoms with E-state index in [1.807, 2.05) is 24.3 Å². The normalized spacial score (nSPS) is 10.6. The number of nitrogens with one attached hydrogen (secondary N) is 1. The van der Waals surface area contributed by atoms with Crippen molar-refractivity contribution in [1.82, 2.24) is 5.43 Å². The highest BCUT2D eigenvalue weighted by Gasteiger charge is 2.09. The topological polar surface area (TPSA) is 69.2 Å². The van der Waals surface area contributed by atoms with Crippen LogP contribution in [-0.2, 0) is 0 Å². The first kappa shape index (κ1) is 19.3. The van der Waals surface area contributed by atoms with Gasteiger partial charge in [-0.05, 0) is 54.4 Å². The number of benzene rings is 2. The minimum atomic E-state index is -0.332. The quantitative estimate of drug-likeness (QED) is 0.423. The van der Waals surface area contributed by atoms with Crippen molar-refractivity contribution in [3.63, 3.8) is 0 Å². The van der Waals surface area contributed by atoms with Crippen molar-refractivity contribution in [2.75, 3.05) is 20.8 Å². The number of methoxy groups -OCH3 is 2. The number of carbonyl (C=O) groups excluding carboxylic acids is 1. The molecule has 0 aliphatic rings. The third-order valence-electron chi connectivity index (χ3n) is 3.67. The van der Waals surface area contributed by atoms with Gasteiger partial charge in [0, 0.05) is 5.56 Å². The maximum Gasteiger partial charge on any atom is 0.271 e. The molecule has 6 heteroatoms. The average molecular weight is 356 g/mol. The largest absolute Gasteiger partial charge is 0.494 e. The van der Waals surface area contributed by atoms with Crippen LogP contribution in [0.2, 0.25) is 0 Å². The highest BCUT2D eigenvalue weighted by molar-refractivity contribution is 5.95. The SMILES string of the molecule is CCCCOc1ccc(/C=N\NC(=O)c2ccc(OC)c(OC)c2)cc1. The third kappa shape index (κ3) is 5.51. The molecule has 1 N–H and O–H groups in total. The molecule has 0 saturated carbocycles. The summed E-state index contributed by atoms with van der Waals surface area (Å²) in [7, 11) is 3.06. The van der Waals surface area contributed by atoms with Crippen LogP contribution in [0.4, 0.5) is 0 Å². The molecule has 0 saturated heterocycles. The Labute approximate surface area is 153 Å². The maximum absolute atomic E-state index is 12.2. The number of rotatable bonds is 9. The van der Waals surface area contributed by atoms with E-state index in [1.165, 1.54) is 7.11 Å². The smallest absolute Gasteiger partial charge is 0.271 e. The van der Waals surface area contributed by atoms with E-state index in [9.17, 15) is 4.79 Å². The number of carbonyl (C=O) groups is 1. The number of nitrogens with zero attached hydrogens (tertiary/aromatic N) is 1. The molecule has 0 unspecified atom stereocenters. The van der Waals surface area contributed by atoms with E-state index >= 15 is 0 Å². The van der Waals surface area contributed by atoms with Gasteiger partial charge < -0.3 is 14.2 Å². The Morgan fingerprint density at radius 3 is 2.46 bits per heavy atom. The molecule has 2 aromatic carbocycles. The first-order valence-electron chi connectivity index (χ1n) is 8.46. The summed E-state index contributed by atoms with van der Waals surface area (Å²) in [5, 5.41) is 3.98. The van der Waals surface area contributed by atoms with Crippen LogP contribution in [-0.4, -0.2) is 32.9 Å². The Hall–Kier alpha value is -3.02. The summed E-state index contributed by atoms with van der Waals surface area (Å²) < 4.78 is 16.0. The minimum Gasteiger partial charge on any atom is -0.494 e. The van der Waals surface area contributed by atoms with Crippen LogP contribution in [0.1, 0.15) is 35.7 Å². The molecule has 0 heterocycles. The Morgan fingerprint density at radius 1 is 1.08 bits per heavy atom. The standard InChI is InChI=1S/C20H24N2O4/c1-4-5-12-26-17-9-6-15(7-10-17)14-21-22-20(23)16-8-11-18(24-2)19(13-16)25-3/h6-11,13-14H,4-5,12H2,1-3H3,(H,22,23)/b21-14-. The molecule has 6 nitrogen and oxygen atoms in total. The molecule has 0 fully saturated rings. The van der Waals surface area contributed by atoms with E-state index in [-0.39, 0.29) is 5.91 Å². The molecule has 2 aromatic rings. The lowest BCUT2D eigenvalue weighted by Crippen LogP contribution is -2.17. The van der Waals surface area contributed by atoms with Crippen molar-refractivity contribution in [2.24, 2.45) is 5.10 Å². The van der Waals surface area contributed by atoms with Gasteiger partial charge in [0.2, 0.25) is 0 Å². The van der Waals surface area contributed by atoms with Gasteiger partial charge >= 0.3 is 0 Å². The van der Waals surface area contributed by atoms with Crippen molar-refractivity contribution >= 4 is 12.1 Å². The summed E-state index contributed by atoms with van der Waals surface area (Å²) in [5.74, 6) is 1.54. The van der Waals surface area contributed by atoms with Gasteiger partial charge in [0.25, 0.3) is 5.91 Å². The van der Waals surface area contributed by atoms with Gasteiger partial charge in [0.1, 0.15) is 5.75 Å². The van der Waals surface area contributed by atoms with Crippen molar-refractivity contribution in [2.45, 2.75) is 19.8 Å². The first-order valence-corrected chi connectivity index (χ1v) is 8.46. The molecule has 0 bridgehead atoms. The second kappa shape index (κ2) is 10.1. The molecule has 2 rings (SSSR count). The molecule has 0 aromatic heterocycles. The molecular formula is C20H24N2O4. The summed E-state index contributed by atoms with van der Waals surface area (Å²) in [6.07, 6.45) is 3.71. The summed E-state index contributed by atoms with van der Waals surface area (Å²) in [5.41, 5.74) is 3.79. The summed E-state index contributed by atoms with van der Waals surface area (Å²) >= 11 is 0. The first-order chi connectivity index (χ1) is 12.7. The minimum absolute atomic E-state index is 0.332. The fraction of sp³-hybridized carbons (Fsp3) is 0.300. The van der Waals surface area contributed by atoms with E-state index in [1.54, 1.807) is 31.5 Å². The zero-order chi connectivity index (χ0) is 18.8. The van der Waals surface area contributed by atoms with Crippen molar-refractivity contribution in [3.05, 3.63) is 53.6 Å². The van der Waals surface area contributed by atoms with Gasteiger partial charge in [-0.3, -0.25) is 4.79 Å². The Morgan fingerprint density at radius 2 is 1.81 bits per heavy atom. The van der Waals surface area contributed by atoms with Gasteiger partial charge in [0.15, 0.2) is 11.5 Å². The van der Waals surface area contributed by atoms with Gasteiger partial charge in [0.05, 0.1) is 27.0 Å². The third-order valence-corrected chi connectivity index (χ3v) is 3.67. The highest BCUT2D eigenvalue weighted by Crippen LogP contribution is 2.27. The molecular weight excluding hydrogens is 332 g/mol. The van der Waals surface area contributed by atoms with E-state index in [2.05, 4.69) is 17.5 Å². The Bertz CT molecular complexity index is 742. The molecule has 138 valence electrons. The number of amides is 1. The summed E-state index contributed by atoms with van der Waals surface area (Å²) in [4.78, 5) is 12.2. The lowest BCUT2D eigenvalue weighted by molar-refractivity contribution is 0.0954. The number of hydrazone groups is 1. The van der Waals surface area contributed by atoms with E-state index in [0.29, 0.717) is 23.7 Å². The fourth-order valence-electron chi connectivity index (χ4n) is 2.19. The molecule has 1 amide bonds. The number of hydrogen-bond acceptors (Lipinski definition) is 5. The summed E-state index contributed by atoms with van der Waals surface area (Å²) in [6, 6.07) is 12.5. The molecule has 0 aliphatic carbocycles. The molecule has 0 radical (unpaired) electrons. The molecule has 26 heavy (non-hydrogen) atoms. The van der Waals surface area contributed by atoms with Crippen LogP contribution in [0, 0.1) is 0 Å². The Kier molecular flexibility index (Phi) is 7.49. The van der Waals surface area contributed by atoms with Crippen LogP contribution in [0.5, 0.6) is 17.2 Å². The van der Waals surface area contributed by atoms with Crippen molar-refractivity contribution < 1.29 is 19.0 Å². The maximum atomic E-state index is 12.2. The van der Waals surface area contributed by atoms with Crippen LogP contribution in [0.15, 0.2) is 47.6 Å². The van der Waals surface area contributed by atoms with E-state index in [0.717, 1.165) is 24.2 Å². The van der Waals surface area contributed by atoms with Crippen molar-refractivity contribution in [3.8, 4) is 17.2 Å². The van der Waals surface area contributed by atoms with Crippen LogP contribution in [0.3, 0.4) is 0 Å². The van der Waals surface area contributed by atoms with Crippen LogP contribution in [0.25, 0.3) is 0 Å². The van der Waals surface area contributed by atoms with E-state index < -0.39 is 0 Å². The summed E-state index contributed by atoms with van der Waals surface area (Å²) in [6.45, 7) is 2.84. The Balaban J connectivity index is 1.92. The number of unbranched alkanes of at least 4 members (excludes halogenated alkanes) is 1. The average Bonchev–Trinajstić information content (AvgIpc) is 2.68.